The second kappa shape index (κ2) is 10.4. The van der Waals surface area contributed by atoms with Gasteiger partial charge in [0.15, 0.2) is 0 Å². The number of aryl methyl sites for hydroxylation is 2. The van der Waals surface area contributed by atoms with Gasteiger partial charge in [0.1, 0.15) is 5.82 Å². The lowest BCUT2D eigenvalue weighted by atomic mass is 10.0. The van der Waals surface area contributed by atoms with Crippen LogP contribution in [-0.4, -0.2) is 33.6 Å². The van der Waals surface area contributed by atoms with Crippen LogP contribution in [0.4, 0.5) is 5.82 Å². The Kier molecular flexibility index (Phi) is 7.38. The summed E-state index contributed by atoms with van der Waals surface area (Å²) in [5.41, 5.74) is 6.51. The number of amides is 1. The van der Waals surface area contributed by atoms with Gasteiger partial charge in [-0.05, 0) is 61.7 Å². The molecule has 1 amide bonds. The molecule has 0 aromatic carbocycles. The standard InChI is InChI=1S/C25H27N5O/c1-5-6-7-22(26-4)21-8-9-23(28-16-21)30-24(31)14-19-12-17(2)25(29-15-19)20-10-11-27-18(3)13-20/h6-13,15-16H,5,14H2,1-4H3,(H,28,30,31)/b7-6-,26-22?. The van der Waals surface area contributed by atoms with Crippen LogP contribution in [0.1, 0.15) is 35.7 Å². The van der Waals surface area contributed by atoms with E-state index in [1.165, 1.54) is 0 Å². The van der Waals surface area contributed by atoms with Crippen LogP contribution in [0, 0.1) is 13.8 Å². The minimum atomic E-state index is -0.135. The van der Waals surface area contributed by atoms with Crippen LogP contribution in [-0.2, 0) is 11.2 Å². The molecule has 0 aliphatic heterocycles. The maximum Gasteiger partial charge on any atom is 0.230 e. The third-order valence-corrected chi connectivity index (χ3v) is 4.75. The fourth-order valence-electron chi connectivity index (χ4n) is 3.25. The molecule has 1 N–H and O–H groups in total. The lowest BCUT2D eigenvalue weighted by Gasteiger charge is -2.09. The molecule has 0 bridgehead atoms. The Hall–Kier alpha value is -3.67. The van der Waals surface area contributed by atoms with Crippen molar-refractivity contribution in [2.75, 3.05) is 12.4 Å². The number of carbonyl (C=O) groups excluding carboxylic acids is 1. The molecule has 0 saturated heterocycles. The van der Waals surface area contributed by atoms with E-state index in [4.69, 9.17) is 0 Å². The Labute approximate surface area is 183 Å². The summed E-state index contributed by atoms with van der Waals surface area (Å²) in [7, 11) is 1.75. The Morgan fingerprint density at radius 3 is 2.58 bits per heavy atom. The largest absolute Gasteiger partial charge is 0.310 e. The molecule has 0 unspecified atom stereocenters. The zero-order chi connectivity index (χ0) is 22.2. The number of pyridine rings is 3. The smallest absolute Gasteiger partial charge is 0.230 e. The Balaban J connectivity index is 1.65. The van der Waals surface area contributed by atoms with E-state index in [9.17, 15) is 4.79 Å². The molecule has 3 aromatic rings. The average Bonchev–Trinajstić information content (AvgIpc) is 2.75. The average molecular weight is 414 g/mol. The predicted octanol–water partition coefficient (Wildman–Crippen LogP) is 4.72. The van der Waals surface area contributed by atoms with Crippen LogP contribution >= 0.6 is 0 Å². The molecule has 3 aromatic heterocycles. The van der Waals surface area contributed by atoms with Crippen molar-refractivity contribution in [2.24, 2.45) is 4.99 Å². The Morgan fingerprint density at radius 1 is 1.10 bits per heavy atom. The Morgan fingerprint density at radius 2 is 1.94 bits per heavy atom. The number of hydrogen-bond acceptors (Lipinski definition) is 5. The monoisotopic (exact) mass is 413 g/mol. The predicted molar refractivity (Wildman–Crippen MR) is 125 cm³/mol. The number of nitrogens with one attached hydrogen (secondary N) is 1. The molecule has 158 valence electrons. The minimum absolute atomic E-state index is 0.135. The van der Waals surface area contributed by atoms with Crippen LogP contribution in [0.3, 0.4) is 0 Å². The molecule has 6 heteroatoms. The first-order chi connectivity index (χ1) is 15.0. The van der Waals surface area contributed by atoms with Gasteiger partial charge < -0.3 is 5.32 Å². The fraction of sp³-hybridized carbons (Fsp3) is 0.240. The van der Waals surface area contributed by atoms with E-state index in [0.717, 1.165) is 45.8 Å². The lowest BCUT2D eigenvalue weighted by molar-refractivity contribution is -0.115. The maximum absolute atomic E-state index is 12.5. The number of aromatic nitrogens is 3. The third-order valence-electron chi connectivity index (χ3n) is 4.75. The molecular weight excluding hydrogens is 386 g/mol. The van der Waals surface area contributed by atoms with E-state index in [1.54, 1.807) is 31.7 Å². The zero-order valence-corrected chi connectivity index (χ0v) is 18.4. The molecule has 31 heavy (non-hydrogen) atoms. The first kappa shape index (κ1) is 22.0. The van der Waals surface area contributed by atoms with Crippen molar-refractivity contribution in [1.29, 1.82) is 0 Å². The van der Waals surface area contributed by atoms with E-state index in [-0.39, 0.29) is 12.3 Å². The van der Waals surface area contributed by atoms with Gasteiger partial charge in [-0.3, -0.25) is 19.8 Å². The first-order valence-corrected chi connectivity index (χ1v) is 10.3. The van der Waals surface area contributed by atoms with Gasteiger partial charge in [-0.15, -0.1) is 0 Å². The highest BCUT2D eigenvalue weighted by atomic mass is 16.1. The van der Waals surface area contributed by atoms with Crippen LogP contribution in [0.15, 0.2) is 66.1 Å². The van der Waals surface area contributed by atoms with Crippen LogP contribution in [0.2, 0.25) is 0 Å². The van der Waals surface area contributed by atoms with E-state index < -0.39 is 0 Å². The molecule has 0 fully saturated rings. The first-order valence-electron chi connectivity index (χ1n) is 10.3. The van der Waals surface area contributed by atoms with Crippen molar-refractivity contribution in [1.82, 2.24) is 15.0 Å². The number of aliphatic imine (C=N–C) groups is 1. The number of nitrogens with zero attached hydrogens (tertiary/aromatic N) is 4. The Bertz CT molecular complexity index is 1120. The fourth-order valence-corrected chi connectivity index (χ4v) is 3.25. The summed E-state index contributed by atoms with van der Waals surface area (Å²) in [6.45, 7) is 6.03. The highest BCUT2D eigenvalue weighted by Gasteiger charge is 2.10. The summed E-state index contributed by atoms with van der Waals surface area (Å²) in [6.07, 6.45) is 10.4. The van der Waals surface area contributed by atoms with Crippen molar-refractivity contribution in [3.8, 4) is 11.3 Å². The summed E-state index contributed by atoms with van der Waals surface area (Å²) in [6, 6.07) is 9.64. The third kappa shape index (κ3) is 5.92. The number of anilines is 1. The highest BCUT2D eigenvalue weighted by molar-refractivity contribution is 6.08. The van der Waals surface area contributed by atoms with Crippen LogP contribution < -0.4 is 5.32 Å². The highest BCUT2D eigenvalue weighted by Crippen LogP contribution is 2.22. The second-order valence-electron chi connectivity index (χ2n) is 7.27. The molecule has 3 heterocycles. The second-order valence-corrected chi connectivity index (χ2v) is 7.27. The van der Waals surface area contributed by atoms with Gasteiger partial charge in [0, 0.05) is 42.5 Å². The van der Waals surface area contributed by atoms with Crippen molar-refractivity contribution in [3.05, 3.63) is 83.5 Å². The van der Waals surface area contributed by atoms with Crippen molar-refractivity contribution in [3.63, 3.8) is 0 Å². The normalized spacial score (nSPS) is 11.7. The van der Waals surface area contributed by atoms with Gasteiger partial charge in [-0.25, -0.2) is 4.98 Å². The summed E-state index contributed by atoms with van der Waals surface area (Å²) >= 11 is 0. The van der Waals surface area contributed by atoms with Crippen molar-refractivity contribution >= 4 is 17.4 Å². The van der Waals surface area contributed by atoms with Gasteiger partial charge in [0.05, 0.1) is 17.8 Å². The molecule has 0 radical (unpaired) electrons. The van der Waals surface area contributed by atoms with Crippen molar-refractivity contribution < 1.29 is 4.79 Å². The van der Waals surface area contributed by atoms with Gasteiger partial charge in [-0.1, -0.05) is 19.1 Å². The summed E-state index contributed by atoms with van der Waals surface area (Å²) < 4.78 is 0. The van der Waals surface area contributed by atoms with Crippen molar-refractivity contribution in [2.45, 2.75) is 33.6 Å². The molecule has 0 saturated carbocycles. The quantitative estimate of drug-likeness (QED) is 0.568. The molecule has 0 aliphatic rings. The SMILES string of the molecule is CC/C=C\C(=NC)c1ccc(NC(=O)Cc2cnc(-c3ccnc(C)c3)c(C)c2)nc1. The topological polar surface area (TPSA) is 80.1 Å². The van der Waals surface area contributed by atoms with E-state index in [2.05, 4.69) is 38.3 Å². The zero-order valence-electron chi connectivity index (χ0n) is 18.4. The summed E-state index contributed by atoms with van der Waals surface area (Å²) in [4.78, 5) is 29.9. The number of allylic oxidation sites excluding steroid dienone is 2. The van der Waals surface area contributed by atoms with Gasteiger partial charge in [0.25, 0.3) is 0 Å². The molecule has 0 aliphatic carbocycles. The maximum atomic E-state index is 12.5. The molecule has 3 rings (SSSR count). The molecule has 6 nitrogen and oxygen atoms in total. The number of rotatable bonds is 7. The van der Waals surface area contributed by atoms with Crippen LogP contribution in [0.5, 0.6) is 0 Å². The summed E-state index contributed by atoms with van der Waals surface area (Å²) in [5, 5.41) is 2.85. The van der Waals surface area contributed by atoms with Gasteiger partial charge in [-0.2, -0.15) is 0 Å². The number of hydrogen-bond donors (Lipinski definition) is 1. The van der Waals surface area contributed by atoms with E-state index in [0.29, 0.717) is 5.82 Å². The summed E-state index contributed by atoms with van der Waals surface area (Å²) in [5.74, 6) is 0.376. The van der Waals surface area contributed by atoms with Gasteiger partial charge in [0.2, 0.25) is 5.91 Å². The minimum Gasteiger partial charge on any atom is -0.310 e. The molecular formula is C25H27N5O. The van der Waals surface area contributed by atoms with Gasteiger partial charge >= 0.3 is 0 Å². The number of carbonyl (C=O) groups is 1. The lowest BCUT2D eigenvalue weighted by Crippen LogP contribution is -2.15. The van der Waals surface area contributed by atoms with E-state index in [1.807, 2.05) is 44.2 Å². The van der Waals surface area contributed by atoms with E-state index >= 15 is 0 Å². The van der Waals surface area contributed by atoms with Crippen LogP contribution in [0.25, 0.3) is 11.3 Å². The molecule has 0 atom stereocenters. The molecule has 0 spiro atoms.